The van der Waals surface area contributed by atoms with Gasteiger partial charge in [0, 0.05) is 19.3 Å². The van der Waals surface area contributed by atoms with Crippen molar-refractivity contribution in [3.8, 4) is 5.75 Å². The standard InChI is InChI=1S/C12H19N3O2/c1-5-15(3)12(16)8-14-10-6-9(2)13-7-11(10)17-4/h6-7H,5,8H2,1-4H3,(H,13,14). The minimum Gasteiger partial charge on any atom is -0.493 e. The van der Waals surface area contributed by atoms with Crippen LogP contribution >= 0.6 is 0 Å². The first-order valence-electron chi connectivity index (χ1n) is 5.57. The molecule has 1 aromatic heterocycles. The van der Waals surface area contributed by atoms with Crippen LogP contribution in [-0.2, 0) is 4.79 Å². The van der Waals surface area contributed by atoms with Gasteiger partial charge in [0.2, 0.25) is 5.91 Å². The number of nitrogens with zero attached hydrogens (tertiary/aromatic N) is 2. The van der Waals surface area contributed by atoms with E-state index in [2.05, 4.69) is 10.3 Å². The molecule has 1 amide bonds. The Labute approximate surface area is 102 Å². The van der Waals surface area contributed by atoms with Crippen molar-refractivity contribution >= 4 is 11.6 Å². The number of anilines is 1. The number of rotatable bonds is 5. The molecule has 0 aliphatic heterocycles. The van der Waals surface area contributed by atoms with Gasteiger partial charge in [0.05, 0.1) is 25.5 Å². The molecule has 0 aliphatic carbocycles. The Hall–Kier alpha value is -1.78. The zero-order valence-electron chi connectivity index (χ0n) is 10.8. The number of hydrogen-bond donors (Lipinski definition) is 1. The maximum atomic E-state index is 11.6. The molecule has 1 rings (SSSR count). The lowest BCUT2D eigenvalue weighted by molar-refractivity contribution is -0.127. The quantitative estimate of drug-likeness (QED) is 0.838. The van der Waals surface area contributed by atoms with E-state index in [0.717, 1.165) is 11.4 Å². The highest BCUT2D eigenvalue weighted by atomic mass is 16.5. The van der Waals surface area contributed by atoms with Crippen molar-refractivity contribution < 1.29 is 9.53 Å². The van der Waals surface area contributed by atoms with Crippen molar-refractivity contribution in [2.75, 3.05) is 32.6 Å². The van der Waals surface area contributed by atoms with E-state index in [1.54, 1.807) is 25.3 Å². The Morgan fingerprint density at radius 1 is 1.59 bits per heavy atom. The molecular weight excluding hydrogens is 218 g/mol. The number of nitrogens with one attached hydrogen (secondary N) is 1. The lowest BCUT2D eigenvalue weighted by atomic mass is 10.3. The molecule has 1 heterocycles. The topological polar surface area (TPSA) is 54.5 Å². The van der Waals surface area contributed by atoms with Crippen LogP contribution < -0.4 is 10.1 Å². The first-order valence-corrected chi connectivity index (χ1v) is 5.57. The average Bonchev–Trinajstić information content (AvgIpc) is 2.35. The van der Waals surface area contributed by atoms with Crippen molar-refractivity contribution in [1.29, 1.82) is 0 Å². The lowest BCUT2D eigenvalue weighted by Gasteiger charge is -2.16. The molecule has 0 aromatic carbocycles. The summed E-state index contributed by atoms with van der Waals surface area (Å²) in [6.07, 6.45) is 1.64. The number of carbonyl (C=O) groups excluding carboxylic acids is 1. The summed E-state index contributed by atoms with van der Waals surface area (Å²) < 4.78 is 5.17. The summed E-state index contributed by atoms with van der Waals surface area (Å²) in [6.45, 7) is 4.79. The van der Waals surface area contributed by atoms with Gasteiger partial charge in [-0.15, -0.1) is 0 Å². The van der Waals surface area contributed by atoms with Crippen LogP contribution in [0.15, 0.2) is 12.3 Å². The second-order valence-corrected chi connectivity index (χ2v) is 3.79. The zero-order chi connectivity index (χ0) is 12.8. The summed E-state index contributed by atoms with van der Waals surface area (Å²) in [4.78, 5) is 17.4. The lowest BCUT2D eigenvalue weighted by Crippen LogP contribution is -2.31. The van der Waals surface area contributed by atoms with E-state index < -0.39 is 0 Å². The smallest absolute Gasteiger partial charge is 0.241 e. The molecule has 0 atom stereocenters. The second-order valence-electron chi connectivity index (χ2n) is 3.79. The predicted molar refractivity (Wildman–Crippen MR) is 67.3 cm³/mol. The second kappa shape index (κ2) is 6.08. The third-order valence-corrected chi connectivity index (χ3v) is 2.55. The molecule has 0 bridgehead atoms. The molecule has 0 radical (unpaired) electrons. The summed E-state index contributed by atoms with van der Waals surface area (Å²) >= 11 is 0. The van der Waals surface area contributed by atoms with E-state index in [1.165, 1.54) is 0 Å². The normalized spacial score (nSPS) is 9.88. The van der Waals surface area contributed by atoms with E-state index >= 15 is 0 Å². The van der Waals surface area contributed by atoms with Gasteiger partial charge in [-0.1, -0.05) is 0 Å². The Morgan fingerprint density at radius 2 is 2.29 bits per heavy atom. The van der Waals surface area contributed by atoms with Gasteiger partial charge in [0.15, 0.2) is 5.75 Å². The number of carbonyl (C=O) groups is 1. The fourth-order valence-corrected chi connectivity index (χ4v) is 1.33. The van der Waals surface area contributed by atoms with Crippen LogP contribution in [0, 0.1) is 6.92 Å². The molecular formula is C12H19N3O2. The molecule has 0 aliphatic rings. The molecule has 0 spiro atoms. The van der Waals surface area contributed by atoms with Crippen molar-refractivity contribution in [3.05, 3.63) is 18.0 Å². The largest absolute Gasteiger partial charge is 0.493 e. The van der Waals surface area contributed by atoms with E-state index in [1.807, 2.05) is 19.9 Å². The number of ether oxygens (including phenoxy) is 1. The van der Waals surface area contributed by atoms with E-state index in [9.17, 15) is 4.79 Å². The highest BCUT2D eigenvalue weighted by Crippen LogP contribution is 2.23. The van der Waals surface area contributed by atoms with E-state index in [-0.39, 0.29) is 12.5 Å². The molecule has 0 unspecified atom stereocenters. The highest BCUT2D eigenvalue weighted by Gasteiger charge is 2.08. The molecule has 5 heteroatoms. The monoisotopic (exact) mass is 237 g/mol. The van der Waals surface area contributed by atoms with Crippen molar-refractivity contribution in [3.63, 3.8) is 0 Å². The van der Waals surface area contributed by atoms with Gasteiger partial charge < -0.3 is 15.0 Å². The van der Waals surface area contributed by atoms with Gasteiger partial charge >= 0.3 is 0 Å². The number of pyridine rings is 1. The van der Waals surface area contributed by atoms with Gasteiger partial charge in [-0.25, -0.2) is 0 Å². The SMILES string of the molecule is CCN(C)C(=O)CNc1cc(C)ncc1OC. The van der Waals surface area contributed by atoms with Crippen LogP contribution in [0.3, 0.4) is 0 Å². The Balaban J connectivity index is 2.68. The Bertz CT molecular complexity index is 393. The summed E-state index contributed by atoms with van der Waals surface area (Å²) in [5.41, 5.74) is 1.67. The van der Waals surface area contributed by atoms with Crippen molar-refractivity contribution in [2.24, 2.45) is 0 Å². The van der Waals surface area contributed by atoms with Crippen LogP contribution in [0.25, 0.3) is 0 Å². The molecule has 0 fully saturated rings. The third-order valence-electron chi connectivity index (χ3n) is 2.55. The summed E-state index contributed by atoms with van der Waals surface area (Å²) in [5.74, 6) is 0.687. The van der Waals surface area contributed by atoms with Gasteiger partial charge in [-0.2, -0.15) is 0 Å². The van der Waals surface area contributed by atoms with Crippen LogP contribution in [0.1, 0.15) is 12.6 Å². The van der Waals surface area contributed by atoms with Crippen LogP contribution in [0.2, 0.25) is 0 Å². The zero-order valence-corrected chi connectivity index (χ0v) is 10.8. The van der Waals surface area contributed by atoms with Gasteiger partial charge in [-0.3, -0.25) is 9.78 Å². The first kappa shape index (κ1) is 13.3. The number of methoxy groups -OCH3 is 1. The van der Waals surface area contributed by atoms with E-state index in [4.69, 9.17) is 4.74 Å². The summed E-state index contributed by atoms with van der Waals surface area (Å²) in [5, 5.41) is 3.06. The van der Waals surface area contributed by atoms with Crippen LogP contribution in [-0.4, -0.2) is 43.0 Å². The fourth-order valence-electron chi connectivity index (χ4n) is 1.33. The average molecular weight is 237 g/mol. The fraction of sp³-hybridized carbons (Fsp3) is 0.500. The van der Waals surface area contributed by atoms with Gasteiger partial charge in [0.25, 0.3) is 0 Å². The molecule has 1 aromatic rings. The third kappa shape index (κ3) is 3.62. The molecule has 5 nitrogen and oxygen atoms in total. The Kier molecular flexibility index (Phi) is 4.75. The number of amides is 1. The Morgan fingerprint density at radius 3 is 2.88 bits per heavy atom. The molecule has 17 heavy (non-hydrogen) atoms. The number of aromatic nitrogens is 1. The number of hydrogen-bond acceptors (Lipinski definition) is 4. The van der Waals surface area contributed by atoms with Crippen molar-refractivity contribution in [2.45, 2.75) is 13.8 Å². The molecule has 94 valence electrons. The predicted octanol–water partition coefficient (Wildman–Crippen LogP) is 1.29. The number of likely N-dealkylation sites (N-methyl/N-ethyl adjacent to an activating group) is 1. The maximum absolute atomic E-state index is 11.6. The van der Waals surface area contributed by atoms with Crippen LogP contribution in [0.4, 0.5) is 5.69 Å². The minimum atomic E-state index is 0.0454. The van der Waals surface area contributed by atoms with Crippen LogP contribution in [0.5, 0.6) is 5.75 Å². The van der Waals surface area contributed by atoms with E-state index in [0.29, 0.717) is 12.3 Å². The van der Waals surface area contributed by atoms with Gasteiger partial charge in [0.1, 0.15) is 0 Å². The summed E-state index contributed by atoms with van der Waals surface area (Å²) in [6, 6.07) is 1.86. The maximum Gasteiger partial charge on any atom is 0.241 e. The molecule has 0 saturated carbocycles. The minimum absolute atomic E-state index is 0.0454. The molecule has 1 N–H and O–H groups in total. The molecule has 0 saturated heterocycles. The number of aryl methyl sites for hydroxylation is 1. The highest BCUT2D eigenvalue weighted by molar-refractivity contribution is 5.81. The first-order chi connectivity index (χ1) is 8.08. The van der Waals surface area contributed by atoms with Crippen molar-refractivity contribution in [1.82, 2.24) is 9.88 Å². The van der Waals surface area contributed by atoms with Gasteiger partial charge in [-0.05, 0) is 19.9 Å². The summed E-state index contributed by atoms with van der Waals surface area (Å²) in [7, 11) is 3.36.